The summed E-state index contributed by atoms with van der Waals surface area (Å²) < 4.78 is 2.37. The van der Waals surface area contributed by atoms with Crippen LogP contribution in [-0.2, 0) is 0 Å². The van der Waals surface area contributed by atoms with Crippen molar-refractivity contribution in [1.82, 2.24) is 14.5 Å². The molecule has 1 aliphatic carbocycles. The Morgan fingerprint density at radius 2 is 1.11 bits per heavy atom. The Morgan fingerprint density at radius 3 is 1.96 bits per heavy atom. The molecule has 0 amide bonds. The third kappa shape index (κ3) is 4.84. The molecule has 2 aliphatic rings. The molecule has 0 fully saturated rings. The van der Waals surface area contributed by atoms with Crippen LogP contribution in [0.4, 0.5) is 11.4 Å². The number of anilines is 2. The molecule has 0 spiro atoms. The first-order valence-electron chi connectivity index (χ1n) is 18.6. The van der Waals surface area contributed by atoms with Crippen molar-refractivity contribution >= 4 is 44.1 Å². The van der Waals surface area contributed by atoms with Gasteiger partial charge in [0, 0.05) is 50.3 Å². The fourth-order valence-electron chi connectivity index (χ4n) is 8.62. The van der Waals surface area contributed by atoms with Crippen LogP contribution in [-0.4, -0.2) is 20.6 Å². The van der Waals surface area contributed by atoms with E-state index in [0.717, 1.165) is 39.2 Å². The standard InChI is InChI=1S/C50H34N4/c1-3-13-33(14-4-1)49-41-19-7-10-20-44(41)51-50(52-49)34-23-27-38(28-24-34)54-46-22-12-9-18-40(46)43-32-36(26-30-48(43)54)35-25-29-47-42(31-35)39-17-8-11-21-45(39)53(47)37-15-5-2-6-16-37/h1-32,40,46H. The normalized spacial score (nSPS) is 16.0. The predicted octanol–water partition coefficient (Wildman–Crippen LogP) is 12.5. The molecule has 0 N–H and O–H groups in total. The molecule has 4 nitrogen and oxygen atoms in total. The molecule has 0 saturated carbocycles. The first-order chi connectivity index (χ1) is 26.8. The Kier molecular flexibility index (Phi) is 6.96. The summed E-state index contributed by atoms with van der Waals surface area (Å²) in [5, 5.41) is 3.58. The molecule has 0 bridgehead atoms. The van der Waals surface area contributed by atoms with E-state index < -0.39 is 0 Å². The van der Waals surface area contributed by atoms with Gasteiger partial charge in [-0.25, -0.2) is 9.97 Å². The zero-order valence-electron chi connectivity index (χ0n) is 29.4. The molecule has 2 unspecified atom stereocenters. The van der Waals surface area contributed by atoms with Crippen molar-refractivity contribution < 1.29 is 0 Å². The Balaban J connectivity index is 0.974. The highest BCUT2D eigenvalue weighted by Crippen LogP contribution is 2.49. The zero-order valence-corrected chi connectivity index (χ0v) is 29.4. The third-order valence-corrected chi connectivity index (χ3v) is 11.1. The van der Waals surface area contributed by atoms with Gasteiger partial charge in [0.2, 0.25) is 0 Å². The van der Waals surface area contributed by atoms with Gasteiger partial charge >= 0.3 is 0 Å². The van der Waals surface area contributed by atoms with Gasteiger partial charge < -0.3 is 9.47 Å². The molecule has 11 rings (SSSR count). The minimum Gasteiger partial charge on any atom is -0.333 e. The number of aromatic nitrogens is 3. The first kappa shape index (κ1) is 30.6. The van der Waals surface area contributed by atoms with Crippen molar-refractivity contribution in [1.29, 1.82) is 0 Å². The smallest absolute Gasteiger partial charge is 0.160 e. The lowest BCUT2D eigenvalue weighted by atomic mass is 9.89. The molecule has 254 valence electrons. The maximum atomic E-state index is 5.11. The average molecular weight is 691 g/mol. The van der Waals surface area contributed by atoms with Crippen molar-refractivity contribution in [2.75, 3.05) is 4.90 Å². The van der Waals surface area contributed by atoms with Crippen molar-refractivity contribution in [3.63, 3.8) is 0 Å². The molecule has 4 heteroatoms. The van der Waals surface area contributed by atoms with Crippen LogP contribution in [0.25, 0.3) is 72.2 Å². The van der Waals surface area contributed by atoms with Crippen LogP contribution >= 0.6 is 0 Å². The minimum absolute atomic E-state index is 0.194. The van der Waals surface area contributed by atoms with E-state index in [4.69, 9.17) is 9.97 Å². The lowest BCUT2D eigenvalue weighted by Crippen LogP contribution is -2.28. The van der Waals surface area contributed by atoms with Gasteiger partial charge in [-0.15, -0.1) is 0 Å². The van der Waals surface area contributed by atoms with E-state index in [1.54, 1.807) is 0 Å². The van der Waals surface area contributed by atoms with Gasteiger partial charge in [0.1, 0.15) is 0 Å². The van der Waals surface area contributed by atoms with Crippen LogP contribution in [0.5, 0.6) is 0 Å². The van der Waals surface area contributed by atoms with Gasteiger partial charge in [-0.05, 0) is 89.5 Å². The van der Waals surface area contributed by atoms with Crippen molar-refractivity contribution in [2.45, 2.75) is 12.0 Å². The molecule has 9 aromatic rings. The lowest BCUT2D eigenvalue weighted by Gasteiger charge is -2.28. The van der Waals surface area contributed by atoms with Crippen molar-refractivity contribution in [3.05, 3.63) is 200 Å². The number of fused-ring (bicyclic) bond motifs is 7. The maximum Gasteiger partial charge on any atom is 0.160 e. The summed E-state index contributed by atoms with van der Waals surface area (Å²) >= 11 is 0. The van der Waals surface area contributed by atoms with E-state index in [1.165, 1.54) is 49.9 Å². The highest BCUT2D eigenvalue weighted by Gasteiger charge is 2.37. The highest BCUT2D eigenvalue weighted by molar-refractivity contribution is 6.10. The van der Waals surface area contributed by atoms with E-state index in [-0.39, 0.29) is 12.0 Å². The molecule has 2 aromatic heterocycles. The summed E-state index contributed by atoms with van der Waals surface area (Å²) in [6.07, 6.45) is 9.06. The summed E-state index contributed by atoms with van der Waals surface area (Å²) in [4.78, 5) is 12.6. The second kappa shape index (κ2) is 12.3. The quantitative estimate of drug-likeness (QED) is 0.180. The summed E-state index contributed by atoms with van der Waals surface area (Å²) in [7, 11) is 0. The van der Waals surface area contributed by atoms with Gasteiger partial charge in [-0.1, -0.05) is 121 Å². The molecule has 0 saturated heterocycles. The number of allylic oxidation sites excluding steroid dienone is 2. The lowest BCUT2D eigenvalue weighted by molar-refractivity contribution is 0.745. The molecule has 0 radical (unpaired) electrons. The number of benzene rings is 7. The Morgan fingerprint density at radius 1 is 0.444 bits per heavy atom. The Hall–Kier alpha value is -7.04. The molecule has 2 atom stereocenters. The van der Waals surface area contributed by atoms with E-state index >= 15 is 0 Å². The molecule has 1 aliphatic heterocycles. The monoisotopic (exact) mass is 690 g/mol. The zero-order chi connectivity index (χ0) is 35.6. The fraction of sp³-hybridized carbons (Fsp3) is 0.0400. The van der Waals surface area contributed by atoms with Crippen molar-refractivity contribution in [2.24, 2.45) is 0 Å². The van der Waals surface area contributed by atoms with Gasteiger partial charge in [-0.3, -0.25) is 0 Å². The van der Waals surface area contributed by atoms with Crippen LogP contribution < -0.4 is 4.90 Å². The highest BCUT2D eigenvalue weighted by atomic mass is 15.2. The van der Waals surface area contributed by atoms with Crippen molar-refractivity contribution in [3.8, 4) is 39.5 Å². The summed E-state index contributed by atoms with van der Waals surface area (Å²) in [5.74, 6) is 0.985. The first-order valence-corrected chi connectivity index (χ1v) is 18.6. The third-order valence-electron chi connectivity index (χ3n) is 11.1. The maximum absolute atomic E-state index is 5.11. The summed E-state index contributed by atoms with van der Waals surface area (Å²) in [6.45, 7) is 0. The summed E-state index contributed by atoms with van der Waals surface area (Å²) in [5.41, 5.74) is 13.8. The van der Waals surface area contributed by atoms with E-state index in [1.807, 2.05) is 12.1 Å². The SMILES string of the molecule is C1=CC2c3cc(-c4ccc5c(c4)c4ccccc4n5-c4ccccc4)ccc3N(c3ccc(-c4nc(-c5ccccc5)c5ccccc5n4)cc3)C2C=C1. The minimum atomic E-state index is 0.194. The number of rotatable bonds is 5. The van der Waals surface area contributed by atoms with Gasteiger partial charge in [0.25, 0.3) is 0 Å². The van der Waals surface area contributed by atoms with Crippen LogP contribution in [0.1, 0.15) is 11.5 Å². The number of para-hydroxylation sites is 3. The molecular formula is C50H34N4. The average Bonchev–Trinajstić information content (AvgIpc) is 3.76. The van der Waals surface area contributed by atoms with E-state index in [9.17, 15) is 0 Å². The number of nitrogens with zero attached hydrogens (tertiary/aromatic N) is 4. The van der Waals surface area contributed by atoms with Gasteiger partial charge in [0.15, 0.2) is 5.82 Å². The van der Waals surface area contributed by atoms with Gasteiger partial charge in [0.05, 0.1) is 28.3 Å². The van der Waals surface area contributed by atoms with Crippen LogP contribution in [0.2, 0.25) is 0 Å². The van der Waals surface area contributed by atoms with Crippen LogP contribution in [0, 0.1) is 0 Å². The van der Waals surface area contributed by atoms with Gasteiger partial charge in [-0.2, -0.15) is 0 Å². The molecule has 7 aromatic carbocycles. The largest absolute Gasteiger partial charge is 0.333 e. The van der Waals surface area contributed by atoms with Crippen LogP contribution in [0.3, 0.4) is 0 Å². The Labute approximate surface area is 313 Å². The Bertz CT molecular complexity index is 2940. The van der Waals surface area contributed by atoms with E-state index in [0.29, 0.717) is 0 Å². The molecule has 54 heavy (non-hydrogen) atoms. The molecule has 3 heterocycles. The van der Waals surface area contributed by atoms with E-state index in [2.05, 4.69) is 191 Å². The summed E-state index contributed by atoms with van der Waals surface area (Å²) in [6, 6.07) is 60.9. The molecular weight excluding hydrogens is 657 g/mol. The topological polar surface area (TPSA) is 34.0 Å². The second-order valence-corrected chi connectivity index (χ2v) is 14.2. The number of hydrogen-bond acceptors (Lipinski definition) is 3. The van der Waals surface area contributed by atoms with Crippen LogP contribution in [0.15, 0.2) is 194 Å². The predicted molar refractivity (Wildman–Crippen MR) is 224 cm³/mol. The number of hydrogen-bond donors (Lipinski definition) is 0. The fourth-order valence-corrected chi connectivity index (χ4v) is 8.62. The second-order valence-electron chi connectivity index (χ2n) is 14.2.